The van der Waals surface area contributed by atoms with Crippen LogP contribution in [0.4, 0.5) is 6.01 Å². The fraction of sp³-hybridized carbons (Fsp3) is 0.167. The highest BCUT2D eigenvalue weighted by Gasteiger charge is 2.25. The second kappa shape index (κ2) is 5.74. The Hall–Kier alpha value is -2.35. The molecule has 106 valence electrons. The molecule has 20 heavy (non-hydrogen) atoms. The fourth-order valence-electron chi connectivity index (χ4n) is 1.55. The average molecular weight is 296 g/mol. The lowest BCUT2D eigenvalue weighted by Crippen LogP contribution is -2.31. The second-order valence-corrected chi connectivity index (χ2v) is 5.47. The van der Waals surface area contributed by atoms with E-state index in [1.54, 1.807) is 24.3 Å². The molecule has 0 aliphatic heterocycles. The van der Waals surface area contributed by atoms with Crippen LogP contribution in [-0.2, 0) is 21.4 Å². The van der Waals surface area contributed by atoms with E-state index >= 15 is 0 Å². The van der Waals surface area contributed by atoms with Gasteiger partial charge in [0.05, 0.1) is 19.9 Å². The summed E-state index contributed by atoms with van der Waals surface area (Å²) in [6.07, 6.45) is 2.54. The molecule has 0 saturated heterocycles. The van der Waals surface area contributed by atoms with Gasteiger partial charge in [-0.25, -0.2) is 9.29 Å². The summed E-state index contributed by atoms with van der Waals surface area (Å²) in [5, 5.41) is 0. The molecule has 8 heteroatoms. The van der Waals surface area contributed by atoms with Crippen molar-refractivity contribution in [2.24, 2.45) is 0 Å². The minimum absolute atomic E-state index is 0.0639. The number of hydrogen-bond donors (Lipinski definition) is 0. The molecule has 0 fully saturated rings. The van der Waals surface area contributed by atoms with Gasteiger partial charge in [0.2, 0.25) is 0 Å². The van der Waals surface area contributed by atoms with Crippen molar-refractivity contribution < 1.29 is 22.4 Å². The van der Waals surface area contributed by atoms with Crippen molar-refractivity contribution in [3.05, 3.63) is 42.3 Å². The molecule has 0 atom stereocenters. The molecule has 0 saturated carbocycles. The van der Waals surface area contributed by atoms with Gasteiger partial charge in [0, 0.05) is 0 Å². The first-order valence-electron chi connectivity index (χ1n) is 5.57. The Labute approximate surface area is 115 Å². The van der Waals surface area contributed by atoms with Crippen molar-refractivity contribution in [3.63, 3.8) is 0 Å². The molecule has 7 nitrogen and oxygen atoms in total. The first-order valence-corrected chi connectivity index (χ1v) is 7.07. The van der Waals surface area contributed by atoms with Crippen LogP contribution < -0.4 is 9.04 Å². The lowest BCUT2D eigenvalue weighted by atomic mass is 10.2. The standard InChI is InChI=1S/C12H12N2O5S/c1-18-11-4-2-10(3-5-11)8-14(20(16,17)9-15)12-13-6-7-19-12/h2-7,9H,8H2,1H3. The molecule has 0 bridgehead atoms. The Morgan fingerprint density at radius 3 is 2.55 bits per heavy atom. The second-order valence-electron chi connectivity index (χ2n) is 3.81. The number of sulfonamides is 1. The molecular weight excluding hydrogens is 284 g/mol. The quantitative estimate of drug-likeness (QED) is 0.744. The SMILES string of the molecule is COc1ccc(CN(c2ncco2)S(=O)(=O)C=O)cc1. The summed E-state index contributed by atoms with van der Waals surface area (Å²) in [4.78, 5) is 14.5. The topological polar surface area (TPSA) is 89.7 Å². The summed E-state index contributed by atoms with van der Waals surface area (Å²) in [5.74, 6) is 0.648. The third kappa shape index (κ3) is 2.97. The van der Waals surface area contributed by atoms with Crippen molar-refractivity contribution in [1.29, 1.82) is 0 Å². The molecule has 1 heterocycles. The highest BCUT2D eigenvalue weighted by atomic mass is 32.2. The Morgan fingerprint density at radius 2 is 2.05 bits per heavy atom. The van der Waals surface area contributed by atoms with Crippen molar-refractivity contribution in [2.75, 3.05) is 11.4 Å². The van der Waals surface area contributed by atoms with E-state index in [0.29, 0.717) is 11.3 Å². The molecule has 1 aromatic carbocycles. The van der Waals surface area contributed by atoms with Gasteiger partial charge in [0.15, 0.2) is 0 Å². The van der Waals surface area contributed by atoms with Crippen molar-refractivity contribution in [1.82, 2.24) is 4.98 Å². The number of benzene rings is 1. The zero-order valence-electron chi connectivity index (χ0n) is 10.6. The molecule has 0 unspecified atom stereocenters. The van der Waals surface area contributed by atoms with Crippen LogP contribution in [0.2, 0.25) is 0 Å². The number of hydrogen-bond acceptors (Lipinski definition) is 6. The van der Waals surface area contributed by atoms with Gasteiger partial charge in [-0.1, -0.05) is 12.1 Å². The van der Waals surface area contributed by atoms with Crippen LogP contribution in [0, 0.1) is 0 Å². The molecule has 0 amide bonds. The number of carbonyl (C=O) groups is 1. The number of ether oxygens (including phenoxy) is 1. The molecule has 0 aliphatic carbocycles. The first-order chi connectivity index (χ1) is 9.56. The maximum absolute atomic E-state index is 11.8. The van der Waals surface area contributed by atoms with Gasteiger partial charge in [0.25, 0.3) is 15.6 Å². The number of oxazole rings is 1. The number of anilines is 1. The Bertz CT molecular complexity index is 664. The van der Waals surface area contributed by atoms with Crippen molar-refractivity contribution in [3.8, 4) is 5.75 Å². The average Bonchev–Trinajstić information content (AvgIpc) is 2.99. The van der Waals surface area contributed by atoms with E-state index in [9.17, 15) is 13.2 Å². The van der Waals surface area contributed by atoms with E-state index in [-0.39, 0.29) is 18.2 Å². The van der Waals surface area contributed by atoms with Crippen LogP contribution >= 0.6 is 0 Å². The Morgan fingerprint density at radius 1 is 1.35 bits per heavy atom. The highest BCUT2D eigenvalue weighted by Crippen LogP contribution is 2.19. The maximum Gasteiger partial charge on any atom is 0.311 e. The molecular formula is C12H12N2O5S. The van der Waals surface area contributed by atoms with E-state index in [1.165, 1.54) is 19.6 Å². The molecule has 0 spiro atoms. The van der Waals surface area contributed by atoms with E-state index < -0.39 is 10.0 Å². The van der Waals surface area contributed by atoms with Gasteiger partial charge in [0.1, 0.15) is 12.0 Å². The van der Waals surface area contributed by atoms with Crippen LogP contribution in [0.1, 0.15) is 5.56 Å². The van der Waals surface area contributed by atoms with Gasteiger partial charge in [-0.3, -0.25) is 4.79 Å². The molecule has 0 aliphatic rings. The highest BCUT2D eigenvalue weighted by molar-refractivity contribution is 8.05. The minimum atomic E-state index is -4.13. The normalized spacial score (nSPS) is 11.1. The lowest BCUT2D eigenvalue weighted by molar-refractivity contribution is 0.414. The third-order valence-electron chi connectivity index (χ3n) is 2.55. The van der Waals surface area contributed by atoms with Gasteiger partial charge in [-0.15, -0.1) is 0 Å². The summed E-state index contributed by atoms with van der Waals surface area (Å²) in [5.41, 5.74) is 0.523. The van der Waals surface area contributed by atoms with E-state index in [4.69, 9.17) is 9.15 Å². The van der Waals surface area contributed by atoms with Crippen molar-refractivity contribution in [2.45, 2.75) is 6.54 Å². The van der Waals surface area contributed by atoms with E-state index in [0.717, 1.165) is 4.31 Å². The molecule has 2 rings (SSSR count). The largest absolute Gasteiger partial charge is 0.497 e. The van der Waals surface area contributed by atoms with Crippen LogP contribution in [0.5, 0.6) is 5.75 Å². The Kier molecular flexibility index (Phi) is 4.04. The molecule has 2 aromatic rings. The zero-order chi connectivity index (χ0) is 14.6. The van der Waals surface area contributed by atoms with Gasteiger partial charge in [-0.2, -0.15) is 8.42 Å². The maximum atomic E-state index is 11.8. The fourth-order valence-corrected chi connectivity index (χ4v) is 2.30. The monoisotopic (exact) mass is 296 g/mol. The predicted octanol–water partition coefficient (Wildman–Crippen LogP) is 1.21. The number of methoxy groups -OCH3 is 1. The summed E-state index contributed by atoms with van der Waals surface area (Å²) in [7, 11) is -2.60. The lowest BCUT2D eigenvalue weighted by Gasteiger charge is -2.17. The van der Waals surface area contributed by atoms with Crippen LogP contribution in [0.25, 0.3) is 0 Å². The summed E-state index contributed by atoms with van der Waals surface area (Å²) >= 11 is 0. The van der Waals surface area contributed by atoms with Gasteiger partial charge < -0.3 is 9.15 Å². The first kappa shape index (κ1) is 14.1. The Balaban J connectivity index is 2.31. The summed E-state index contributed by atoms with van der Waals surface area (Å²) in [6, 6.07) is 6.60. The number of nitrogens with zero attached hydrogens (tertiary/aromatic N) is 2. The van der Waals surface area contributed by atoms with E-state index in [2.05, 4.69) is 4.98 Å². The van der Waals surface area contributed by atoms with Gasteiger partial charge >= 0.3 is 6.01 Å². The van der Waals surface area contributed by atoms with Gasteiger partial charge in [-0.05, 0) is 17.7 Å². The molecule has 1 aromatic heterocycles. The van der Waals surface area contributed by atoms with Crippen molar-refractivity contribution >= 4 is 21.7 Å². The number of rotatable bonds is 6. The summed E-state index contributed by atoms with van der Waals surface area (Å²) < 4.78 is 34.3. The smallest absolute Gasteiger partial charge is 0.311 e. The molecule has 0 radical (unpaired) electrons. The third-order valence-corrected chi connectivity index (χ3v) is 3.69. The minimum Gasteiger partial charge on any atom is -0.497 e. The summed E-state index contributed by atoms with van der Waals surface area (Å²) in [6.45, 7) is -0.0639. The van der Waals surface area contributed by atoms with Crippen LogP contribution in [-0.4, -0.2) is 26.1 Å². The number of aromatic nitrogens is 1. The zero-order valence-corrected chi connectivity index (χ0v) is 11.4. The van der Waals surface area contributed by atoms with Crippen LogP contribution in [0.3, 0.4) is 0 Å². The predicted molar refractivity (Wildman–Crippen MR) is 71.4 cm³/mol. The number of carbonyl (C=O) groups excluding carboxylic acids is 1. The van der Waals surface area contributed by atoms with Crippen LogP contribution in [0.15, 0.2) is 41.1 Å². The molecule has 0 N–H and O–H groups in total. The van der Waals surface area contributed by atoms with E-state index in [1.807, 2.05) is 0 Å².